The molecule has 0 amide bonds. The molecule has 1 rings (SSSR count). The Hall–Kier alpha value is -0.810. The molecule has 0 saturated heterocycles. The predicted molar refractivity (Wildman–Crippen MR) is 81.3 cm³/mol. The van der Waals surface area contributed by atoms with Crippen molar-refractivity contribution in [2.24, 2.45) is 0 Å². The summed E-state index contributed by atoms with van der Waals surface area (Å²) in [7, 11) is 0. The monoisotopic (exact) mass is 285 g/mol. The van der Waals surface area contributed by atoms with Crippen molar-refractivity contribution in [2.45, 2.75) is 23.5 Å². The lowest BCUT2D eigenvalue weighted by molar-refractivity contribution is 0.0694. The van der Waals surface area contributed by atoms with E-state index in [9.17, 15) is 9.90 Å². The molecule has 5 heteroatoms. The number of carboxylic acids is 1. The standard InChI is InChI=1S/C13H19NO2S2/c1-13(2,18-4)8-14-9-6-5-7-10(17-3)11(9)12(15)16/h5-7,14H,8H2,1-4H3,(H,15,16). The second-order valence-corrected chi connectivity index (χ2v) is 6.87. The highest BCUT2D eigenvalue weighted by Gasteiger charge is 2.19. The van der Waals surface area contributed by atoms with Crippen LogP contribution in [0, 0.1) is 0 Å². The number of carboxylic acid groups (broad SMARTS) is 1. The molecule has 0 heterocycles. The number of anilines is 1. The van der Waals surface area contributed by atoms with Crippen LogP contribution < -0.4 is 5.32 Å². The van der Waals surface area contributed by atoms with Gasteiger partial charge in [0.1, 0.15) is 0 Å². The molecular formula is C13H19NO2S2. The fraction of sp³-hybridized carbons (Fsp3) is 0.462. The third kappa shape index (κ3) is 3.85. The first kappa shape index (κ1) is 15.2. The van der Waals surface area contributed by atoms with Gasteiger partial charge in [-0.25, -0.2) is 4.79 Å². The van der Waals surface area contributed by atoms with Crippen molar-refractivity contribution >= 4 is 35.2 Å². The SMILES string of the molecule is CSc1cccc(NCC(C)(C)SC)c1C(=O)O. The fourth-order valence-electron chi connectivity index (χ4n) is 1.45. The summed E-state index contributed by atoms with van der Waals surface area (Å²) in [5.74, 6) is -0.885. The molecule has 18 heavy (non-hydrogen) atoms. The quantitative estimate of drug-likeness (QED) is 0.781. The van der Waals surface area contributed by atoms with Gasteiger partial charge in [-0.3, -0.25) is 0 Å². The molecule has 100 valence electrons. The summed E-state index contributed by atoms with van der Waals surface area (Å²) in [4.78, 5) is 12.1. The smallest absolute Gasteiger partial charge is 0.338 e. The summed E-state index contributed by atoms with van der Waals surface area (Å²) in [5, 5.41) is 12.6. The van der Waals surface area contributed by atoms with Crippen molar-refractivity contribution in [1.29, 1.82) is 0 Å². The Morgan fingerprint density at radius 3 is 2.56 bits per heavy atom. The molecule has 0 radical (unpaired) electrons. The van der Waals surface area contributed by atoms with Crippen molar-refractivity contribution in [1.82, 2.24) is 0 Å². The van der Waals surface area contributed by atoms with Crippen molar-refractivity contribution in [3.63, 3.8) is 0 Å². The normalized spacial score (nSPS) is 11.3. The molecule has 0 fully saturated rings. The predicted octanol–water partition coefficient (Wildman–Crippen LogP) is 3.66. The van der Waals surface area contributed by atoms with Crippen LogP contribution in [0.2, 0.25) is 0 Å². The van der Waals surface area contributed by atoms with Gasteiger partial charge < -0.3 is 10.4 Å². The van der Waals surface area contributed by atoms with Crippen LogP contribution in [0.25, 0.3) is 0 Å². The molecule has 0 aliphatic carbocycles. The molecule has 3 nitrogen and oxygen atoms in total. The van der Waals surface area contributed by atoms with E-state index in [1.165, 1.54) is 11.8 Å². The Labute approximate surface area is 117 Å². The number of aromatic carboxylic acids is 1. The number of benzene rings is 1. The van der Waals surface area contributed by atoms with Crippen molar-refractivity contribution in [2.75, 3.05) is 24.4 Å². The molecule has 1 aromatic rings. The van der Waals surface area contributed by atoms with E-state index < -0.39 is 5.97 Å². The molecule has 0 unspecified atom stereocenters. The Bertz CT molecular complexity index is 433. The molecule has 0 aliphatic rings. The number of rotatable bonds is 6. The highest BCUT2D eigenvalue weighted by molar-refractivity contribution is 8.00. The highest BCUT2D eigenvalue weighted by Crippen LogP contribution is 2.28. The largest absolute Gasteiger partial charge is 0.478 e. The minimum absolute atomic E-state index is 0.0745. The summed E-state index contributed by atoms with van der Waals surface area (Å²) in [6.45, 7) is 4.99. The van der Waals surface area contributed by atoms with E-state index in [-0.39, 0.29) is 4.75 Å². The van der Waals surface area contributed by atoms with Crippen LogP contribution in [-0.2, 0) is 0 Å². The molecular weight excluding hydrogens is 266 g/mol. The van der Waals surface area contributed by atoms with E-state index >= 15 is 0 Å². The molecule has 0 spiro atoms. The third-order valence-corrected chi connectivity index (χ3v) is 4.75. The van der Waals surface area contributed by atoms with Crippen molar-refractivity contribution in [3.8, 4) is 0 Å². The van der Waals surface area contributed by atoms with Crippen LogP contribution >= 0.6 is 23.5 Å². The van der Waals surface area contributed by atoms with Crippen molar-refractivity contribution in [3.05, 3.63) is 23.8 Å². The molecule has 0 bridgehead atoms. The average molecular weight is 285 g/mol. The molecule has 0 atom stereocenters. The third-order valence-electron chi connectivity index (χ3n) is 2.72. The van der Waals surface area contributed by atoms with Crippen LogP contribution in [0.1, 0.15) is 24.2 Å². The van der Waals surface area contributed by atoms with Gasteiger partial charge in [0.15, 0.2) is 0 Å². The van der Waals surface area contributed by atoms with Gasteiger partial charge in [-0.1, -0.05) is 6.07 Å². The zero-order valence-electron chi connectivity index (χ0n) is 11.1. The van der Waals surface area contributed by atoms with E-state index in [2.05, 4.69) is 25.4 Å². The first-order chi connectivity index (χ1) is 8.41. The van der Waals surface area contributed by atoms with Gasteiger partial charge >= 0.3 is 5.97 Å². The fourth-order valence-corrected chi connectivity index (χ4v) is 2.28. The highest BCUT2D eigenvalue weighted by atomic mass is 32.2. The minimum atomic E-state index is -0.885. The van der Waals surface area contributed by atoms with Crippen LogP contribution in [0.5, 0.6) is 0 Å². The molecule has 0 aliphatic heterocycles. The van der Waals surface area contributed by atoms with Gasteiger partial charge in [-0.05, 0) is 38.5 Å². The topological polar surface area (TPSA) is 49.3 Å². The number of hydrogen-bond acceptors (Lipinski definition) is 4. The lowest BCUT2D eigenvalue weighted by atomic mass is 10.1. The van der Waals surface area contributed by atoms with E-state index in [1.807, 2.05) is 24.5 Å². The van der Waals surface area contributed by atoms with E-state index in [0.29, 0.717) is 11.3 Å². The summed E-state index contributed by atoms with van der Waals surface area (Å²) < 4.78 is 0.0745. The Balaban J connectivity index is 2.99. The Kier molecular flexibility index (Phi) is 5.41. The maximum atomic E-state index is 11.3. The van der Waals surface area contributed by atoms with Gasteiger partial charge in [-0.15, -0.1) is 11.8 Å². The Morgan fingerprint density at radius 2 is 2.06 bits per heavy atom. The van der Waals surface area contributed by atoms with E-state index in [4.69, 9.17) is 0 Å². The van der Waals surface area contributed by atoms with Gasteiger partial charge in [0, 0.05) is 21.9 Å². The minimum Gasteiger partial charge on any atom is -0.478 e. The summed E-state index contributed by atoms with van der Waals surface area (Å²) in [6.07, 6.45) is 3.94. The second-order valence-electron chi connectivity index (χ2n) is 4.51. The van der Waals surface area contributed by atoms with Crippen LogP contribution in [-0.4, -0.2) is 34.9 Å². The van der Waals surface area contributed by atoms with Gasteiger partial charge in [0.05, 0.1) is 5.56 Å². The molecule has 0 aromatic heterocycles. The zero-order valence-corrected chi connectivity index (χ0v) is 12.7. The number of nitrogens with one attached hydrogen (secondary N) is 1. The van der Waals surface area contributed by atoms with Gasteiger partial charge in [0.25, 0.3) is 0 Å². The number of hydrogen-bond donors (Lipinski definition) is 2. The van der Waals surface area contributed by atoms with Crippen LogP contribution in [0.3, 0.4) is 0 Å². The first-order valence-corrected chi connectivity index (χ1v) is 8.05. The lowest BCUT2D eigenvalue weighted by Gasteiger charge is -2.23. The average Bonchev–Trinajstić information content (AvgIpc) is 2.35. The lowest BCUT2D eigenvalue weighted by Crippen LogP contribution is -2.26. The second kappa shape index (κ2) is 6.38. The molecule has 0 saturated carbocycles. The number of carbonyl (C=O) groups is 1. The summed E-state index contributed by atoms with van der Waals surface area (Å²) in [5.41, 5.74) is 1.05. The number of thioether (sulfide) groups is 2. The van der Waals surface area contributed by atoms with E-state index in [0.717, 1.165) is 11.4 Å². The Morgan fingerprint density at radius 1 is 1.39 bits per heavy atom. The summed E-state index contributed by atoms with van der Waals surface area (Å²) >= 11 is 3.21. The first-order valence-electron chi connectivity index (χ1n) is 5.60. The molecule has 1 aromatic carbocycles. The maximum absolute atomic E-state index is 11.3. The van der Waals surface area contributed by atoms with Crippen LogP contribution in [0.4, 0.5) is 5.69 Å². The summed E-state index contributed by atoms with van der Waals surface area (Å²) in [6, 6.07) is 5.53. The van der Waals surface area contributed by atoms with Gasteiger partial charge in [0.2, 0.25) is 0 Å². The van der Waals surface area contributed by atoms with Crippen LogP contribution in [0.15, 0.2) is 23.1 Å². The molecule has 2 N–H and O–H groups in total. The maximum Gasteiger partial charge on any atom is 0.338 e. The van der Waals surface area contributed by atoms with Gasteiger partial charge in [-0.2, -0.15) is 11.8 Å². The van der Waals surface area contributed by atoms with Crippen molar-refractivity contribution < 1.29 is 9.90 Å². The zero-order chi connectivity index (χ0) is 13.8. The van der Waals surface area contributed by atoms with E-state index in [1.54, 1.807) is 11.8 Å².